The lowest BCUT2D eigenvalue weighted by molar-refractivity contribution is 0.0635. The molecule has 2 heterocycles. The molecule has 3 aromatic rings. The summed E-state index contributed by atoms with van der Waals surface area (Å²) >= 11 is 0. The molecule has 0 atom stereocenters. The lowest BCUT2D eigenvalue weighted by Gasteiger charge is -2.19. The molecule has 1 N–H and O–H groups in total. The van der Waals surface area contributed by atoms with Gasteiger partial charge in [0, 0.05) is 45.4 Å². The van der Waals surface area contributed by atoms with Gasteiger partial charge < -0.3 is 13.9 Å². The fourth-order valence-corrected chi connectivity index (χ4v) is 3.49. The van der Waals surface area contributed by atoms with E-state index in [9.17, 15) is 14.4 Å². The van der Waals surface area contributed by atoms with E-state index in [2.05, 4.69) is 5.32 Å². The molecular formula is C25H29N3O4. The molecule has 0 bridgehead atoms. The molecule has 3 rings (SSSR count). The predicted octanol–water partition coefficient (Wildman–Crippen LogP) is 5.01. The van der Waals surface area contributed by atoms with Crippen molar-refractivity contribution in [3.8, 4) is 11.1 Å². The van der Waals surface area contributed by atoms with Crippen molar-refractivity contribution >= 4 is 23.3 Å². The van der Waals surface area contributed by atoms with E-state index in [-0.39, 0.29) is 18.0 Å². The minimum Gasteiger partial charge on any atom is -0.444 e. The van der Waals surface area contributed by atoms with Gasteiger partial charge in [0.2, 0.25) is 0 Å². The maximum Gasteiger partial charge on any atom is 0.412 e. The third-order valence-corrected chi connectivity index (χ3v) is 4.95. The summed E-state index contributed by atoms with van der Waals surface area (Å²) in [6.45, 7) is 6.92. The van der Waals surface area contributed by atoms with Crippen molar-refractivity contribution in [3.63, 3.8) is 0 Å². The zero-order valence-electron chi connectivity index (χ0n) is 19.4. The smallest absolute Gasteiger partial charge is 0.412 e. The Morgan fingerprint density at radius 2 is 1.53 bits per heavy atom. The number of anilines is 1. The van der Waals surface area contributed by atoms with Crippen LogP contribution in [-0.4, -0.2) is 32.4 Å². The standard InChI is InChI=1S/C25H29N3O4/c1-16(29)21-12-19(14-27(21)5)18-9-7-17(8-10-18)11-23(30)22-13-20(15-28(22)6)26-24(31)32-25(2,3)4/h7-10,12-15H,11H2,1-6H3,(H,26,31). The number of nitrogens with zero attached hydrogens (tertiary/aromatic N) is 2. The van der Waals surface area contributed by atoms with E-state index in [4.69, 9.17) is 4.74 Å². The SMILES string of the molecule is CC(=O)c1cc(-c2ccc(CC(=O)c3cc(NC(=O)OC(C)(C)C)cn3C)cc2)cn1C. The van der Waals surface area contributed by atoms with Gasteiger partial charge in [-0.25, -0.2) is 4.79 Å². The van der Waals surface area contributed by atoms with Crippen molar-refractivity contribution in [3.05, 3.63) is 65.7 Å². The number of rotatable bonds is 6. The lowest BCUT2D eigenvalue weighted by atomic mass is 10.0. The first-order chi connectivity index (χ1) is 14.9. The average Bonchev–Trinajstić information content (AvgIpc) is 3.23. The van der Waals surface area contributed by atoms with Crippen LogP contribution in [-0.2, 0) is 25.3 Å². The van der Waals surface area contributed by atoms with Crippen molar-refractivity contribution in [1.82, 2.24) is 9.13 Å². The first-order valence-corrected chi connectivity index (χ1v) is 10.4. The molecule has 0 saturated carbocycles. The quantitative estimate of drug-likeness (QED) is 0.552. The van der Waals surface area contributed by atoms with Gasteiger partial charge in [0.25, 0.3) is 0 Å². The molecule has 7 heteroatoms. The highest BCUT2D eigenvalue weighted by molar-refractivity contribution is 5.98. The highest BCUT2D eigenvalue weighted by Crippen LogP contribution is 2.23. The number of carbonyl (C=O) groups is 3. The Kier molecular flexibility index (Phi) is 6.39. The lowest BCUT2D eigenvalue weighted by Crippen LogP contribution is -2.27. The molecule has 0 aliphatic rings. The van der Waals surface area contributed by atoms with E-state index in [0.717, 1.165) is 16.7 Å². The predicted molar refractivity (Wildman–Crippen MR) is 124 cm³/mol. The number of aromatic nitrogens is 2. The summed E-state index contributed by atoms with van der Waals surface area (Å²) in [5.41, 5.74) is 3.86. The molecule has 0 aliphatic heterocycles. The van der Waals surface area contributed by atoms with Gasteiger partial charge in [0.15, 0.2) is 11.6 Å². The molecule has 2 aromatic heterocycles. The van der Waals surface area contributed by atoms with Crippen LogP contribution < -0.4 is 5.32 Å². The Balaban J connectivity index is 1.68. The Hall–Kier alpha value is -3.61. The van der Waals surface area contributed by atoms with Gasteiger partial charge >= 0.3 is 6.09 Å². The third kappa shape index (κ3) is 5.55. The second kappa shape index (κ2) is 8.86. The number of benzene rings is 1. The maximum atomic E-state index is 12.8. The number of hydrogen-bond donors (Lipinski definition) is 1. The Morgan fingerprint density at radius 1 is 0.906 bits per heavy atom. The minimum absolute atomic E-state index is 0.0177. The zero-order chi connectivity index (χ0) is 23.6. The van der Waals surface area contributed by atoms with Crippen molar-refractivity contribution in [2.24, 2.45) is 14.1 Å². The molecular weight excluding hydrogens is 406 g/mol. The van der Waals surface area contributed by atoms with Gasteiger partial charge in [-0.2, -0.15) is 0 Å². The van der Waals surface area contributed by atoms with E-state index in [1.165, 1.54) is 0 Å². The first-order valence-electron chi connectivity index (χ1n) is 10.4. The number of Topliss-reactive ketones (excluding diaryl/α,β-unsaturated/α-hetero) is 2. The Morgan fingerprint density at radius 3 is 2.09 bits per heavy atom. The average molecular weight is 436 g/mol. The summed E-state index contributed by atoms with van der Waals surface area (Å²) < 4.78 is 8.76. The number of nitrogens with one attached hydrogen (secondary N) is 1. The van der Waals surface area contributed by atoms with Crippen LogP contribution in [0, 0.1) is 0 Å². The van der Waals surface area contributed by atoms with Gasteiger partial charge in [-0.05, 0) is 44.0 Å². The normalized spacial score (nSPS) is 11.3. The molecule has 7 nitrogen and oxygen atoms in total. The molecule has 0 spiro atoms. The molecule has 0 saturated heterocycles. The molecule has 0 unspecified atom stereocenters. The topological polar surface area (TPSA) is 82.3 Å². The summed E-state index contributed by atoms with van der Waals surface area (Å²) in [5, 5.41) is 2.66. The van der Waals surface area contributed by atoms with Crippen LogP contribution in [0.2, 0.25) is 0 Å². The van der Waals surface area contributed by atoms with Crippen LogP contribution in [0.4, 0.5) is 10.5 Å². The van der Waals surface area contributed by atoms with Gasteiger partial charge in [-0.3, -0.25) is 14.9 Å². The minimum atomic E-state index is -0.600. The molecule has 1 aromatic carbocycles. The number of carbonyl (C=O) groups excluding carboxylic acids is 3. The summed E-state index contributed by atoms with van der Waals surface area (Å²) in [5.74, 6) is -0.0415. The summed E-state index contributed by atoms with van der Waals surface area (Å²) in [6.07, 6.45) is 3.27. The highest BCUT2D eigenvalue weighted by Gasteiger charge is 2.18. The summed E-state index contributed by atoms with van der Waals surface area (Å²) in [4.78, 5) is 36.5. The van der Waals surface area contributed by atoms with Crippen molar-refractivity contribution in [2.75, 3.05) is 5.32 Å². The van der Waals surface area contributed by atoms with Gasteiger partial charge in [-0.15, -0.1) is 0 Å². The molecule has 1 amide bonds. The number of amides is 1. The van der Waals surface area contributed by atoms with Crippen LogP contribution in [0.15, 0.2) is 48.8 Å². The van der Waals surface area contributed by atoms with E-state index < -0.39 is 11.7 Å². The zero-order valence-corrected chi connectivity index (χ0v) is 19.4. The van der Waals surface area contributed by atoms with Crippen LogP contribution in [0.1, 0.15) is 54.2 Å². The van der Waals surface area contributed by atoms with Crippen LogP contribution in [0.25, 0.3) is 11.1 Å². The number of ether oxygens (including phenoxy) is 1. The molecule has 0 aliphatic carbocycles. The maximum absolute atomic E-state index is 12.8. The van der Waals surface area contributed by atoms with E-state index in [1.54, 1.807) is 51.6 Å². The largest absolute Gasteiger partial charge is 0.444 e. The third-order valence-electron chi connectivity index (χ3n) is 4.95. The van der Waals surface area contributed by atoms with Gasteiger partial charge in [-0.1, -0.05) is 24.3 Å². The first kappa shape index (κ1) is 23.1. The highest BCUT2D eigenvalue weighted by atomic mass is 16.6. The Labute approximate surface area is 188 Å². The van der Waals surface area contributed by atoms with Gasteiger partial charge in [0.05, 0.1) is 17.1 Å². The van der Waals surface area contributed by atoms with Crippen molar-refractivity contribution < 1.29 is 19.1 Å². The molecule has 32 heavy (non-hydrogen) atoms. The van der Waals surface area contributed by atoms with Crippen molar-refractivity contribution in [1.29, 1.82) is 0 Å². The molecule has 168 valence electrons. The monoisotopic (exact) mass is 435 g/mol. The van der Waals surface area contributed by atoms with Crippen molar-refractivity contribution in [2.45, 2.75) is 39.7 Å². The summed E-state index contributed by atoms with van der Waals surface area (Å²) in [7, 11) is 3.61. The molecule has 0 radical (unpaired) electrons. The number of aryl methyl sites for hydroxylation is 2. The number of hydrogen-bond acceptors (Lipinski definition) is 4. The second-order valence-electron chi connectivity index (χ2n) is 8.93. The van der Waals surface area contributed by atoms with Crippen LogP contribution >= 0.6 is 0 Å². The van der Waals surface area contributed by atoms with Crippen LogP contribution in [0.5, 0.6) is 0 Å². The molecule has 0 fully saturated rings. The fraction of sp³-hybridized carbons (Fsp3) is 0.320. The number of ketones is 2. The Bertz CT molecular complexity index is 1160. The second-order valence-corrected chi connectivity index (χ2v) is 8.93. The van der Waals surface area contributed by atoms with E-state index in [0.29, 0.717) is 17.1 Å². The van der Waals surface area contributed by atoms with Gasteiger partial charge in [0.1, 0.15) is 5.60 Å². The van der Waals surface area contributed by atoms with E-state index >= 15 is 0 Å². The van der Waals surface area contributed by atoms with E-state index in [1.807, 2.05) is 48.1 Å². The fourth-order valence-electron chi connectivity index (χ4n) is 3.49. The van der Waals surface area contributed by atoms with Crippen LogP contribution in [0.3, 0.4) is 0 Å². The summed E-state index contributed by atoms with van der Waals surface area (Å²) in [6, 6.07) is 11.2.